The van der Waals surface area contributed by atoms with Crippen LogP contribution in [0.5, 0.6) is 17.2 Å². The molecule has 0 saturated heterocycles. The van der Waals surface area contributed by atoms with Gasteiger partial charge in [-0.2, -0.15) is 0 Å². The molecule has 1 N–H and O–H groups in total. The van der Waals surface area contributed by atoms with E-state index in [9.17, 15) is 0 Å². The Bertz CT molecular complexity index is 830. The molecule has 5 nitrogen and oxygen atoms in total. The summed E-state index contributed by atoms with van der Waals surface area (Å²) in [4.78, 5) is 4.08. The first-order valence-electron chi connectivity index (χ1n) is 7.99. The molecule has 0 fully saturated rings. The number of hydrogen-bond donors (Lipinski definition) is 1. The second-order valence-electron chi connectivity index (χ2n) is 5.73. The van der Waals surface area contributed by atoms with Crippen LogP contribution in [0.1, 0.15) is 17.2 Å². The minimum absolute atomic E-state index is 0.0966. The van der Waals surface area contributed by atoms with Gasteiger partial charge in [0.25, 0.3) is 0 Å². The number of ether oxygens (including phenoxy) is 2. The van der Waals surface area contributed by atoms with Crippen molar-refractivity contribution in [3.8, 4) is 17.2 Å². The Morgan fingerprint density at radius 3 is 2.88 bits per heavy atom. The van der Waals surface area contributed by atoms with Crippen molar-refractivity contribution >= 4 is 0 Å². The molecule has 1 aliphatic heterocycles. The molecule has 4 rings (SSSR count). The Hall–Kier alpha value is -2.79. The molecule has 1 aromatic heterocycles. The van der Waals surface area contributed by atoms with Crippen molar-refractivity contribution in [1.29, 1.82) is 0 Å². The monoisotopic (exact) mass is 321 g/mol. The fourth-order valence-corrected chi connectivity index (χ4v) is 3.04. The van der Waals surface area contributed by atoms with Gasteiger partial charge < -0.3 is 19.4 Å². The summed E-state index contributed by atoms with van der Waals surface area (Å²) in [7, 11) is 1.67. The lowest BCUT2D eigenvalue weighted by Crippen LogP contribution is -2.28. The number of rotatable bonds is 5. The van der Waals surface area contributed by atoms with Gasteiger partial charge in [0, 0.05) is 42.7 Å². The van der Waals surface area contributed by atoms with E-state index in [2.05, 4.69) is 27.0 Å². The second kappa shape index (κ2) is 6.37. The number of methoxy groups -OCH3 is 1. The van der Waals surface area contributed by atoms with E-state index in [-0.39, 0.29) is 6.04 Å². The van der Waals surface area contributed by atoms with E-state index >= 15 is 0 Å². The average molecular weight is 321 g/mol. The van der Waals surface area contributed by atoms with Crippen LogP contribution in [0.25, 0.3) is 0 Å². The molecule has 0 bridgehead atoms. The lowest BCUT2D eigenvalue weighted by molar-refractivity contribution is 0.398. The van der Waals surface area contributed by atoms with Crippen LogP contribution in [0.4, 0.5) is 0 Å². The molecular weight excluding hydrogens is 302 g/mol. The molecule has 1 unspecified atom stereocenters. The molecule has 0 aliphatic carbocycles. The fourth-order valence-electron chi connectivity index (χ4n) is 3.04. The zero-order valence-corrected chi connectivity index (χ0v) is 13.5. The summed E-state index contributed by atoms with van der Waals surface area (Å²) in [5.41, 5.74) is 2.28. The molecule has 0 radical (unpaired) electrons. The van der Waals surface area contributed by atoms with Crippen molar-refractivity contribution < 1.29 is 9.47 Å². The number of fused-ring (bicyclic) bond motifs is 2. The lowest BCUT2D eigenvalue weighted by atomic mass is 9.94. The zero-order valence-electron chi connectivity index (χ0n) is 13.5. The topological polar surface area (TPSA) is 48.3 Å². The smallest absolute Gasteiger partial charge is 0.136 e. The van der Waals surface area contributed by atoms with Crippen molar-refractivity contribution in [3.05, 3.63) is 72.3 Å². The van der Waals surface area contributed by atoms with Gasteiger partial charge in [-0.1, -0.05) is 18.2 Å². The maximum absolute atomic E-state index is 6.07. The second-order valence-corrected chi connectivity index (χ2v) is 5.73. The highest BCUT2D eigenvalue weighted by Gasteiger charge is 2.26. The largest absolute Gasteiger partial charge is 0.497 e. The number of aromatic nitrogens is 2. The van der Waals surface area contributed by atoms with Gasteiger partial charge >= 0.3 is 0 Å². The van der Waals surface area contributed by atoms with E-state index in [1.165, 1.54) is 0 Å². The highest BCUT2D eigenvalue weighted by Crippen LogP contribution is 2.43. The number of nitrogens with one attached hydrogen (secondary N) is 1. The van der Waals surface area contributed by atoms with Gasteiger partial charge in [-0.3, -0.25) is 0 Å². The predicted molar refractivity (Wildman–Crippen MR) is 91.6 cm³/mol. The van der Waals surface area contributed by atoms with Crippen molar-refractivity contribution in [2.45, 2.75) is 12.6 Å². The zero-order chi connectivity index (χ0) is 16.4. The van der Waals surface area contributed by atoms with Crippen LogP contribution in [0.15, 0.2) is 61.2 Å². The van der Waals surface area contributed by atoms with Crippen molar-refractivity contribution in [2.24, 2.45) is 0 Å². The van der Waals surface area contributed by atoms with Gasteiger partial charge in [0.15, 0.2) is 0 Å². The third-order valence-corrected chi connectivity index (χ3v) is 4.26. The Kier molecular flexibility index (Phi) is 3.92. The Morgan fingerprint density at radius 2 is 2.04 bits per heavy atom. The van der Waals surface area contributed by atoms with Crippen molar-refractivity contribution in [3.63, 3.8) is 0 Å². The number of para-hydroxylation sites is 1. The van der Waals surface area contributed by atoms with Gasteiger partial charge in [-0.15, -0.1) is 0 Å². The predicted octanol–water partition coefficient (Wildman–Crippen LogP) is 3.38. The maximum Gasteiger partial charge on any atom is 0.136 e. The third kappa shape index (κ3) is 2.74. The first kappa shape index (κ1) is 14.8. The highest BCUT2D eigenvalue weighted by atomic mass is 16.5. The average Bonchev–Trinajstić information content (AvgIpc) is 3.14. The van der Waals surface area contributed by atoms with Gasteiger partial charge in [0.1, 0.15) is 17.2 Å². The molecular formula is C19H19N3O2. The van der Waals surface area contributed by atoms with Gasteiger partial charge in [0.2, 0.25) is 0 Å². The van der Waals surface area contributed by atoms with Gasteiger partial charge in [-0.05, 0) is 18.2 Å². The highest BCUT2D eigenvalue weighted by molar-refractivity contribution is 5.55. The van der Waals surface area contributed by atoms with Crippen LogP contribution in [0.2, 0.25) is 0 Å². The van der Waals surface area contributed by atoms with Gasteiger partial charge in [-0.25, -0.2) is 4.98 Å². The van der Waals surface area contributed by atoms with E-state index in [4.69, 9.17) is 9.47 Å². The standard InChI is InChI=1S/C19H19N3O2/c1-23-14-6-7-16-18(12-14)24-17-5-3-2-4-15(17)19(16)21-9-11-22-10-8-20-13-22/h2-8,10,12-13,19,21H,9,11H2,1H3. The van der Waals surface area contributed by atoms with Crippen LogP contribution in [0, 0.1) is 0 Å². The third-order valence-electron chi connectivity index (χ3n) is 4.26. The summed E-state index contributed by atoms with van der Waals surface area (Å²) in [5.74, 6) is 2.52. The molecule has 3 aromatic rings. The molecule has 5 heteroatoms. The molecule has 2 heterocycles. The van der Waals surface area contributed by atoms with Gasteiger partial charge in [0.05, 0.1) is 19.5 Å². The number of imidazole rings is 1. The first-order valence-corrected chi connectivity index (χ1v) is 7.99. The van der Waals surface area contributed by atoms with Crippen LogP contribution < -0.4 is 14.8 Å². The van der Waals surface area contributed by atoms with Crippen LogP contribution in [-0.2, 0) is 6.54 Å². The SMILES string of the molecule is COc1ccc2c(c1)Oc1ccccc1C2NCCn1ccnc1. The number of benzene rings is 2. The van der Waals surface area contributed by atoms with Crippen molar-refractivity contribution in [2.75, 3.05) is 13.7 Å². The molecule has 0 saturated carbocycles. The number of nitrogens with zero attached hydrogens (tertiary/aromatic N) is 2. The summed E-state index contributed by atoms with van der Waals surface area (Å²) >= 11 is 0. The summed E-state index contributed by atoms with van der Waals surface area (Å²) in [6.45, 7) is 1.70. The molecule has 0 amide bonds. The van der Waals surface area contributed by atoms with Crippen LogP contribution >= 0.6 is 0 Å². The van der Waals surface area contributed by atoms with E-state index < -0.39 is 0 Å². The van der Waals surface area contributed by atoms with E-state index in [1.54, 1.807) is 13.3 Å². The first-order chi connectivity index (χ1) is 11.8. The minimum atomic E-state index is 0.0966. The van der Waals surface area contributed by atoms with E-state index in [1.807, 2.05) is 42.9 Å². The van der Waals surface area contributed by atoms with Crippen molar-refractivity contribution in [1.82, 2.24) is 14.9 Å². The molecule has 1 aliphatic rings. The molecule has 24 heavy (non-hydrogen) atoms. The molecule has 122 valence electrons. The summed E-state index contributed by atoms with van der Waals surface area (Å²) in [5, 5.41) is 3.64. The normalized spacial score (nSPS) is 15.3. The number of hydrogen-bond acceptors (Lipinski definition) is 4. The Morgan fingerprint density at radius 1 is 1.17 bits per heavy atom. The van der Waals surface area contributed by atoms with E-state index in [0.717, 1.165) is 41.5 Å². The molecule has 2 aromatic carbocycles. The summed E-state index contributed by atoms with van der Waals surface area (Å²) < 4.78 is 13.5. The molecule has 0 spiro atoms. The molecule has 1 atom stereocenters. The van der Waals surface area contributed by atoms with Crippen LogP contribution in [-0.4, -0.2) is 23.2 Å². The Labute approximate surface area is 140 Å². The quantitative estimate of drug-likeness (QED) is 0.783. The lowest BCUT2D eigenvalue weighted by Gasteiger charge is -2.29. The summed E-state index contributed by atoms with van der Waals surface area (Å²) in [6, 6.07) is 14.2. The Balaban J connectivity index is 1.62. The van der Waals surface area contributed by atoms with Crippen LogP contribution in [0.3, 0.4) is 0 Å². The minimum Gasteiger partial charge on any atom is -0.497 e. The summed E-state index contributed by atoms with van der Waals surface area (Å²) in [6.07, 6.45) is 5.60. The maximum atomic E-state index is 6.07. The fraction of sp³-hybridized carbons (Fsp3) is 0.211. The van der Waals surface area contributed by atoms with E-state index in [0.29, 0.717) is 0 Å².